The second-order valence-electron chi connectivity index (χ2n) is 6.80. The zero-order valence-electron chi connectivity index (χ0n) is 15.5. The molecule has 0 bridgehead atoms. The molecule has 2 aliphatic heterocycles. The van der Waals surface area contributed by atoms with E-state index in [9.17, 15) is 14.7 Å². The Balaban J connectivity index is 1.55. The maximum Gasteiger partial charge on any atom is 0.296 e. The monoisotopic (exact) mass is 381 g/mol. The third-order valence-corrected chi connectivity index (χ3v) is 4.44. The Kier molecular flexibility index (Phi) is 4.43. The van der Waals surface area contributed by atoms with Gasteiger partial charge in [0.2, 0.25) is 6.79 Å². The normalized spacial score (nSPS) is 15.8. The third-order valence-electron chi connectivity index (χ3n) is 4.44. The van der Waals surface area contributed by atoms with Gasteiger partial charge in [-0.15, -0.1) is 0 Å². The highest BCUT2D eigenvalue weighted by molar-refractivity contribution is 6.34. The molecule has 7 nitrogen and oxygen atoms in total. The molecular weight excluding hydrogens is 362 g/mol. The summed E-state index contributed by atoms with van der Waals surface area (Å²) < 4.78 is 16.2. The summed E-state index contributed by atoms with van der Waals surface area (Å²) in [5, 5.41) is 10.3. The predicted molar refractivity (Wildman–Crippen MR) is 99.9 cm³/mol. The number of imide groups is 1. The van der Waals surface area contributed by atoms with Crippen LogP contribution in [-0.4, -0.2) is 34.7 Å². The van der Waals surface area contributed by atoms with Gasteiger partial charge in [0.25, 0.3) is 11.8 Å². The molecule has 0 fully saturated rings. The number of hydrogen-bond donors (Lipinski definition) is 1. The van der Waals surface area contributed by atoms with E-state index in [4.69, 9.17) is 14.2 Å². The van der Waals surface area contributed by atoms with Crippen molar-refractivity contribution in [1.82, 2.24) is 4.90 Å². The van der Waals surface area contributed by atoms with Crippen LogP contribution < -0.4 is 14.2 Å². The second kappa shape index (κ2) is 6.92. The number of fused-ring (bicyclic) bond motifs is 1. The van der Waals surface area contributed by atoms with Crippen molar-refractivity contribution < 1.29 is 28.9 Å². The van der Waals surface area contributed by atoms with Crippen LogP contribution >= 0.6 is 0 Å². The molecule has 2 aliphatic rings. The number of benzene rings is 2. The van der Waals surface area contributed by atoms with E-state index in [-0.39, 0.29) is 25.0 Å². The van der Waals surface area contributed by atoms with Crippen molar-refractivity contribution in [3.8, 4) is 17.2 Å². The largest absolute Gasteiger partial charge is 0.502 e. The lowest BCUT2D eigenvalue weighted by molar-refractivity contribution is -0.138. The summed E-state index contributed by atoms with van der Waals surface area (Å²) in [4.78, 5) is 26.3. The molecule has 28 heavy (non-hydrogen) atoms. The number of rotatable bonds is 5. The molecular formula is C21H19NO6. The smallest absolute Gasteiger partial charge is 0.296 e. The molecule has 0 radical (unpaired) electrons. The fraction of sp³-hybridized carbons (Fsp3) is 0.238. The van der Waals surface area contributed by atoms with Gasteiger partial charge >= 0.3 is 0 Å². The number of carbonyl (C=O) groups is 2. The van der Waals surface area contributed by atoms with Gasteiger partial charge in [-0.1, -0.05) is 18.2 Å². The topological polar surface area (TPSA) is 85.3 Å². The van der Waals surface area contributed by atoms with Gasteiger partial charge in [-0.05, 0) is 49.2 Å². The highest BCUT2D eigenvalue weighted by atomic mass is 16.7. The first-order chi connectivity index (χ1) is 13.4. The lowest BCUT2D eigenvalue weighted by Crippen LogP contribution is -2.31. The van der Waals surface area contributed by atoms with E-state index in [1.807, 2.05) is 13.8 Å². The van der Waals surface area contributed by atoms with Gasteiger partial charge in [0.05, 0.1) is 18.2 Å². The Bertz CT molecular complexity index is 977. The highest BCUT2D eigenvalue weighted by Gasteiger charge is 2.39. The molecule has 4 rings (SSSR count). The number of ether oxygens (including phenoxy) is 3. The number of aliphatic hydroxyl groups is 1. The number of amides is 2. The van der Waals surface area contributed by atoms with Gasteiger partial charge in [0.1, 0.15) is 5.75 Å². The average Bonchev–Trinajstić information content (AvgIpc) is 3.21. The van der Waals surface area contributed by atoms with Gasteiger partial charge in [-0.2, -0.15) is 0 Å². The maximum absolute atomic E-state index is 12.8. The zero-order chi connectivity index (χ0) is 19.8. The molecule has 2 amide bonds. The van der Waals surface area contributed by atoms with Gasteiger partial charge in [-0.3, -0.25) is 14.5 Å². The van der Waals surface area contributed by atoms with Crippen molar-refractivity contribution in [3.63, 3.8) is 0 Å². The van der Waals surface area contributed by atoms with Gasteiger partial charge in [-0.25, -0.2) is 0 Å². The Hall–Kier alpha value is -3.48. The van der Waals surface area contributed by atoms with Crippen LogP contribution in [0.4, 0.5) is 0 Å². The number of aliphatic hydroxyl groups excluding tert-OH is 1. The Morgan fingerprint density at radius 2 is 1.75 bits per heavy atom. The van der Waals surface area contributed by atoms with Gasteiger partial charge in [0.15, 0.2) is 17.3 Å². The lowest BCUT2D eigenvalue weighted by Gasteiger charge is -2.15. The predicted octanol–water partition coefficient (Wildman–Crippen LogP) is 3.04. The summed E-state index contributed by atoms with van der Waals surface area (Å²) in [5.41, 5.74) is 1.14. The van der Waals surface area contributed by atoms with Crippen LogP contribution in [0.15, 0.2) is 48.2 Å². The Morgan fingerprint density at radius 1 is 1.04 bits per heavy atom. The number of nitrogens with zero attached hydrogens (tertiary/aromatic N) is 1. The van der Waals surface area contributed by atoms with Crippen LogP contribution in [0.25, 0.3) is 5.57 Å². The van der Waals surface area contributed by atoms with E-state index in [0.717, 1.165) is 4.90 Å². The summed E-state index contributed by atoms with van der Waals surface area (Å²) in [7, 11) is 0. The molecule has 2 aromatic carbocycles. The number of hydrogen-bond acceptors (Lipinski definition) is 6. The quantitative estimate of drug-likeness (QED) is 0.802. The van der Waals surface area contributed by atoms with E-state index in [1.54, 1.807) is 42.5 Å². The van der Waals surface area contributed by atoms with Crippen molar-refractivity contribution in [2.75, 3.05) is 6.79 Å². The van der Waals surface area contributed by atoms with Crippen LogP contribution in [0.2, 0.25) is 0 Å². The van der Waals surface area contributed by atoms with E-state index in [2.05, 4.69) is 0 Å². The van der Waals surface area contributed by atoms with Crippen molar-refractivity contribution in [3.05, 3.63) is 59.4 Å². The average molecular weight is 381 g/mol. The molecule has 7 heteroatoms. The van der Waals surface area contributed by atoms with E-state index in [1.165, 1.54) is 0 Å². The maximum atomic E-state index is 12.8. The van der Waals surface area contributed by atoms with E-state index >= 15 is 0 Å². The highest BCUT2D eigenvalue weighted by Crippen LogP contribution is 2.34. The third kappa shape index (κ3) is 3.15. The van der Waals surface area contributed by atoms with Crippen molar-refractivity contribution in [1.29, 1.82) is 0 Å². The van der Waals surface area contributed by atoms with Crippen LogP contribution in [0.3, 0.4) is 0 Å². The Morgan fingerprint density at radius 3 is 2.46 bits per heavy atom. The molecule has 0 aromatic heterocycles. The van der Waals surface area contributed by atoms with Crippen LogP contribution in [0, 0.1) is 0 Å². The fourth-order valence-electron chi connectivity index (χ4n) is 3.16. The van der Waals surface area contributed by atoms with Crippen molar-refractivity contribution in [2.24, 2.45) is 0 Å². The summed E-state index contributed by atoms with van der Waals surface area (Å²) >= 11 is 0. The lowest BCUT2D eigenvalue weighted by atomic mass is 10.1. The van der Waals surface area contributed by atoms with Crippen LogP contribution in [-0.2, 0) is 16.1 Å². The molecule has 2 aromatic rings. The van der Waals surface area contributed by atoms with Gasteiger partial charge < -0.3 is 19.3 Å². The first kappa shape index (κ1) is 17.9. The summed E-state index contributed by atoms with van der Waals surface area (Å²) in [6.45, 7) is 3.99. The first-order valence-electron chi connectivity index (χ1n) is 8.89. The fourth-order valence-corrected chi connectivity index (χ4v) is 3.16. The molecule has 1 N–H and O–H groups in total. The zero-order valence-corrected chi connectivity index (χ0v) is 15.5. The summed E-state index contributed by atoms with van der Waals surface area (Å²) in [5.74, 6) is 0.0110. The Labute approximate surface area is 161 Å². The molecule has 0 atom stereocenters. The van der Waals surface area contributed by atoms with Gasteiger partial charge in [0, 0.05) is 0 Å². The second-order valence-corrected chi connectivity index (χ2v) is 6.80. The molecule has 0 spiro atoms. The molecule has 0 aliphatic carbocycles. The molecule has 0 unspecified atom stereocenters. The minimum atomic E-state index is -0.722. The van der Waals surface area contributed by atoms with Crippen LogP contribution in [0.5, 0.6) is 17.2 Å². The standard InChI is InChI=1S/C21H19NO6/c1-12(2)28-15-6-4-14(5-7-15)18-19(23)21(25)22(20(18)24)10-13-3-8-16-17(9-13)27-11-26-16/h3-9,12,23H,10-11H2,1-2H3. The minimum Gasteiger partial charge on any atom is -0.502 e. The van der Waals surface area contributed by atoms with Crippen molar-refractivity contribution in [2.45, 2.75) is 26.5 Å². The molecule has 0 saturated carbocycles. The molecule has 144 valence electrons. The SMILES string of the molecule is CC(C)Oc1ccc(C2=C(O)C(=O)N(Cc3ccc4c(c3)OCO4)C2=O)cc1. The number of carbonyl (C=O) groups excluding carboxylic acids is 2. The summed E-state index contributed by atoms with van der Waals surface area (Å²) in [6, 6.07) is 11.9. The first-order valence-corrected chi connectivity index (χ1v) is 8.89. The van der Waals surface area contributed by atoms with Crippen LogP contribution in [0.1, 0.15) is 25.0 Å². The van der Waals surface area contributed by atoms with E-state index < -0.39 is 17.6 Å². The van der Waals surface area contributed by atoms with E-state index in [0.29, 0.717) is 28.4 Å². The summed E-state index contributed by atoms with van der Waals surface area (Å²) in [6.07, 6.45) is 0.0188. The molecule has 0 saturated heterocycles. The molecule has 2 heterocycles. The minimum absolute atomic E-state index is 0.0122. The van der Waals surface area contributed by atoms with Crippen molar-refractivity contribution >= 4 is 17.4 Å².